The maximum atomic E-state index is 11.2. The van der Waals surface area contributed by atoms with E-state index in [9.17, 15) is 15.2 Å². The minimum atomic E-state index is -0.635. The van der Waals surface area contributed by atoms with Crippen LogP contribution in [0.2, 0.25) is 0 Å². The predicted molar refractivity (Wildman–Crippen MR) is 87.8 cm³/mol. The monoisotopic (exact) mass is 365 g/mol. The number of rotatable bonds is 6. The number of aromatic nitrogens is 1. The van der Waals surface area contributed by atoms with E-state index < -0.39 is 11.0 Å². The van der Waals surface area contributed by atoms with Crippen molar-refractivity contribution in [3.05, 3.63) is 62.7 Å². The van der Waals surface area contributed by atoms with Gasteiger partial charge in [0.25, 0.3) is 0 Å². The van der Waals surface area contributed by atoms with Gasteiger partial charge in [0, 0.05) is 19.2 Å². The van der Waals surface area contributed by atoms with Gasteiger partial charge >= 0.3 is 5.69 Å². The number of halogens is 1. The van der Waals surface area contributed by atoms with Gasteiger partial charge in [0.1, 0.15) is 4.60 Å². The summed E-state index contributed by atoms with van der Waals surface area (Å²) in [5.74, 6) is 0.240. The lowest BCUT2D eigenvalue weighted by Crippen LogP contribution is -2.31. The molecule has 1 heterocycles. The van der Waals surface area contributed by atoms with Gasteiger partial charge in [-0.05, 0) is 34.5 Å². The fourth-order valence-electron chi connectivity index (χ4n) is 2.14. The van der Waals surface area contributed by atoms with Crippen molar-refractivity contribution in [3.63, 3.8) is 0 Å². The molecule has 2 rings (SSSR count). The van der Waals surface area contributed by atoms with E-state index in [-0.39, 0.29) is 18.1 Å². The zero-order valence-electron chi connectivity index (χ0n) is 12.0. The molecule has 2 aromatic rings. The molecule has 7 heteroatoms. The molecule has 0 saturated heterocycles. The molecule has 1 aromatic heterocycles. The molecule has 116 valence electrons. The molecule has 0 fully saturated rings. The Bertz CT molecular complexity index is 650. The maximum absolute atomic E-state index is 11.2. The van der Waals surface area contributed by atoms with E-state index in [0.717, 1.165) is 5.56 Å². The second-order valence-electron chi connectivity index (χ2n) is 4.95. The summed E-state index contributed by atoms with van der Waals surface area (Å²) in [6, 6.07) is 12.5. The van der Waals surface area contributed by atoms with Crippen molar-refractivity contribution in [2.45, 2.75) is 19.6 Å². The van der Waals surface area contributed by atoms with Gasteiger partial charge in [0.2, 0.25) is 5.82 Å². The normalized spacial score (nSPS) is 12.0. The van der Waals surface area contributed by atoms with Crippen LogP contribution in [0.4, 0.5) is 11.5 Å². The highest BCUT2D eigenvalue weighted by Crippen LogP contribution is 2.29. The summed E-state index contributed by atoms with van der Waals surface area (Å²) >= 11 is 3.24. The Morgan fingerprint density at radius 1 is 1.32 bits per heavy atom. The first kappa shape index (κ1) is 16.4. The average molecular weight is 366 g/mol. The standard InChI is InChI=1S/C15H16BrN3O3/c1-11(20)9-18(10-12-5-3-2-4-6-12)15-13(19(21)22)7-8-14(16)17-15/h2-8,11,20H,9-10H2,1H3. The Labute approximate surface area is 136 Å². The number of nitro groups is 1. The molecule has 1 N–H and O–H groups in total. The Kier molecular flexibility index (Phi) is 5.46. The van der Waals surface area contributed by atoms with Gasteiger partial charge in [-0.2, -0.15) is 0 Å². The number of aliphatic hydroxyl groups is 1. The molecule has 0 saturated carbocycles. The predicted octanol–water partition coefficient (Wildman–Crippen LogP) is 3.14. The van der Waals surface area contributed by atoms with Crippen molar-refractivity contribution in [3.8, 4) is 0 Å². The van der Waals surface area contributed by atoms with Gasteiger partial charge in [-0.25, -0.2) is 4.98 Å². The summed E-state index contributed by atoms with van der Waals surface area (Å²) in [7, 11) is 0. The molecule has 0 amide bonds. The van der Waals surface area contributed by atoms with Crippen molar-refractivity contribution < 1.29 is 10.0 Å². The Hall–Kier alpha value is -1.99. The minimum Gasteiger partial charge on any atom is -0.392 e. The number of nitrogens with zero attached hydrogens (tertiary/aromatic N) is 3. The molecule has 0 aliphatic rings. The van der Waals surface area contributed by atoms with Crippen LogP contribution in [0.25, 0.3) is 0 Å². The van der Waals surface area contributed by atoms with Gasteiger partial charge in [0.05, 0.1) is 11.0 Å². The number of hydrogen-bond donors (Lipinski definition) is 1. The first-order valence-electron chi connectivity index (χ1n) is 6.75. The lowest BCUT2D eigenvalue weighted by molar-refractivity contribution is -0.384. The van der Waals surface area contributed by atoms with Gasteiger partial charge in [-0.3, -0.25) is 10.1 Å². The number of benzene rings is 1. The summed E-state index contributed by atoms with van der Waals surface area (Å²) in [6.45, 7) is 2.32. The van der Waals surface area contributed by atoms with Gasteiger partial charge in [-0.1, -0.05) is 30.3 Å². The molecule has 6 nitrogen and oxygen atoms in total. The summed E-state index contributed by atoms with van der Waals surface area (Å²) in [5, 5.41) is 20.9. The molecule has 22 heavy (non-hydrogen) atoms. The molecule has 1 aromatic carbocycles. The third kappa shape index (κ3) is 4.25. The lowest BCUT2D eigenvalue weighted by atomic mass is 10.2. The highest BCUT2D eigenvalue weighted by molar-refractivity contribution is 9.10. The minimum absolute atomic E-state index is 0.0835. The zero-order chi connectivity index (χ0) is 16.1. The Balaban J connectivity index is 2.40. The smallest absolute Gasteiger partial charge is 0.311 e. The van der Waals surface area contributed by atoms with E-state index in [0.29, 0.717) is 11.1 Å². The van der Waals surface area contributed by atoms with E-state index in [4.69, 9.17) is 0 Å². The van der Waals surface area contributed by atoms with E-state index in [1.165, 1.54) is 12.1 Å². The van der Waals surface area contributed by atoms with Crippen LogP contribution >= 0.6 is 15.9 Å². The number of anilines is 1. The third-order valence-electron chi connectivity index (χ3n) is 3.02. The molecule has 0 bridgehead atoms. The number of aliphatic hydroxyl groups excluding tert-OH is 1. The summed E-state index contributed by atoms with van der Waals surface area (Å²) in [6.07, 6.45) is -0.635. The van der Waals surface area contributed by atoms with Crippen molar-refractivity contribution >= 4 is 27.4 Å². The van der Waals surface area contributed by atoms with Gasteiger partial charge in [0.15, 0.2) is 0 Å². The summed E-state index contributed by atoms with van der Waals surface area (Å²) < 4.78 is 0.511. The van der Waals surface area contributed by atoms with E-state index in [1.807, 2.05) is 30.3 Å². The highest BCUT2D eigenvalue weighted by Gasteiger charge is 2.23. The van der Waals surface area contributed by atoms with Crippen molar-refractivity contribution in [1.82, 2.24) is 4.98 Å². The van der Waals surface area contributed by atoms with Crippen LogP contribution in [-0.4, -0.2) is 27.7 Å². The first-order chi connectivity index (χ1) is 10.5. The van der Waals surface area contributed by atoms with Gasteiger partial charge < -0.3 is 10.0 Å². The fourth-order valence-corrected chi connectivity index (χ4v) is 2.44. The Morgan fingerprint density at radius 3 is 2.59 bits per heavy atom. The molecular formula is C15H16BrN3O3. The molecule has 0 aliphatic carbocycles. The molecule has 0 aliphatic heterocycles. The number of hydrogen-bond acceptors (Lipinski definition) is 5. The molecule has 0 spiro atoms. The van der Waals surface area contributed by atoms with Crippen molar-refractivity contribution in [2.75, 3.05) is 11.4 Å². The fraction of sp³-hybridized carbons (Fsp3) is 0.267. The first-order valence-corrected chi connectivity index (χ1v) is 7.54. The maximum Gasteiger partial charge on any atom is 0.311 e. The van der Waals surface area contributed by atoms with Crippen LogP contribution in [0.15, 0.2) is 47.1 Å². The quantitative estimate of drug-likeness (QED) is 0.483. The highest BCUT2D eigenvalue weighted by atomic mass is 79.9. The van der Waals surface area contributed by atoms with Crippen molar-refractivity contribution in [1.29, 1.82) is 0 Å². The van der Waals surface area contributed by atoms with E-state index in [1.54, 1.807) is 11.8 Å². The van der Waals surface area contributed by atoms with Crippen LogP contribution in [0.1, 0.15) is 12.5 Å². The molecule has 1 unspecified atom stereocenters. The second kappa shape index (κ2) is 7.33. The number of pyridine rings is 1. The average Bonchev–Trinajstić information content (AvgIpc) is 2.46. The van der Waals surface area contributed by atoms with Crippen LogP contribution in [-0.2, 0) is 6.54 Å². The van der Waals surface area contributed by atoms with Crippen LogP contribution < -0.4 is 4.90 Å². The topological polar surface area (TPSA) is 79.5 Å². The largest absolute Gasteiger partial charge is 0.392 e. The second-order valence-corrected chi connectivity index (χ2v) is 5.76. The van der Waals surface area contributed by atoms with Crippen LogP contribution in [0.3, 0.4) is 0 Å². The van der Waals surface area contributed by atoms with E-state index >= 15 is 0 Å². The van der Waals surface area contributed by atoms with Gasteiger partial charge in [-0.15, -0.1) is 0 Å². The lowest BCUT2D eigenvalue weighted by Gasteiger charge is -2.25. The van der Waals surface area contributed by atoms with Crippen LogP contribution in [0, 0.1) is 10.1 Å². The van der Waals surface area contributed by atoms with E-state index in [2.05, 4.69) is 20.9 Å². The SMILES string of the molecule is CC(O)CN(Cc1ccccc1)c1nc(Br)ccc1[N+](=O)[O-]. The zero-order valence-corrected chi connectivity index (χ0v) is 13.6. The van der Waals surface area contributed by atoms with Crippen molar-refractivity contribution in [2.24, 2.45) is 0 Å². The van der Waals surface area contributed by atoms with Crippen LogP contribution in [0.5, 0.6) is 0 Å². The third-order valence-corrected chi connectivity index (χ3v) is 3.46. The Morgan fingerprint density at radius 2 is 2.00 bits per heavy atom. The summed E-state index contributed by atoms with van der Waals surface area (Å²) in [4.78, 5) is 16.7. The molecule has 0 radical (unpaired) electrons. The molecular weight excluding hydrogens is 350 g/mol. The summed E-state index contributed by atoms with van der Waals surface area (Å²) in [5.41, 5.74) is 0.902. The molecule has 1 atom stereocenters.